The van der Waals surface area contributed by atoms with Crippen molar-refractivity contribution in [1.29, 1.82) is 0 Å². The third-order valence-electron chi connectivity index (χ3n) is 7.08. The first kappa shape index (κ1) is 20.0. The first-order chi connectivity index (χ1) is 13.7. The molecule has 1 aliphatic heterocycles. The largest absolute Gasteiger partial charge is 0.356 e. The van der Waals surface area contributed by atoms with E-state index in [0.717, 1.165) is 37.0 Å². The summed E-state index contributed by atoms with van der Waals surface area (Å²) < 4.78 is 2.43. The highest BCUT2D eigenvalue weighted by molar-refractivity contribution is 7.98. The smallest absolute Gasteiger partial charge is 0.193 e. The van der Waals surface area contributed by atoms with Crippen molar-refractivity contribution in [3.63, 3.8) is 0 Å². The second-order valence-electron chi connectivity index (χ2n) is 8.87. The van der Waals surface area contributed by atoms with Crippen LogP contribution in [0.25, 0.3) is 0 Å². The summed E-state index contributed by atoms with van der Waals surface area (Å²) in [5.74, 6) is 2.25. The number of thioether (sulfide) groups is 1. The number of aliphatic imine (C=N–C) groups is 1. The highest BCUT2D eigenvalue weighted by Gasteiger charge is 2.41. The predicted octanol–water partition coefficient (Wildman–Crippen LogP) is 3.89. The van der Waals surface area contributed by atoms with Gasteiger partial charge in [-0.1, -0.05) is 37.4 Å². The lowest BCUT2D eigenvalue weighted by molar-refractivity contribution is 0.309. The number of nitrogens with one attached hydrogen (secondary N) is 1. The summed E-state index contributed by atoms with van der Waals surface area (Å²) in [5.41, 5.74) is 0.587. The van der Waals surface area contributed by atoms with Crippen LogP contribution in [0.3, 0.4) is 0 Å². The molecule has 1 N–H and O–H groups in total. The third kappa shape index (κ3) is 4.19. The SMILES string of the molecule is CN=C(NCCCc1nnc(SC)n1C1CCCC1)N1CCC2(CCCC2)C1. The molecule has 156 valence electrons. The molecule has 2 saturated carbocycles. The van der Waals surface area contributed by atoms with Gasteiger partial charge in [-0.25, -0.2) is 0 Å². The Bertz CT molecular complexity index is 672. The van der Waals surface area contributed by atoms with Crippen LogP contribution in [-0.4, -0.2) is 58.6 Å². The maximum Gasteiger partial charge on any atom is 0.193 e. The second-order valence-corrected chi connectivity index (χ2v) is 9.64. The molecule has 0 radical (unpaired) electrons. The van der Waals surface area contributed by atoms with Crippen molar-refractivity contribution < 1.29 is 0 Å². The Morgan fingerprint density at radius 2 is 1.96 bits per heavy atom. The molecule has 4 rings (SSSR count). The van der Waals surface area contributed by atoms with Gasteiger partial charge in [-0.15, -0.1) is 10.2 Å². The molecule has 3 aliphatic rings. The molecule has 2 aliphatic carbocycles. The van der Waals surface area contributed by atoms with E-state index in [-0.39, 0.29) is 0 Å². The van der Waals surface area contributed by atoms with Crippen LogP contribution in [0.4, 0.5) is 0 Å². The molecule has 1 aromatic heterocycles. The first-order valence-corrected chi connectivity index (χ1v) is 12.4. The van der Waals surface area contributed by atoms with Crippen molar-refractivity contribution in [2.24, 2.45) is 10.4 Å². The van der Waals surface area contributed by atoms with Gasteiger partial charge < -0.3 is 14.8 Å². The topological polar surface area (TPSA) is 58.3 Å². The van der Waals surface area contributed by atoms with Crippen LogP contribution in [-0.2, 0) is 6.42 Å². The molecule has 28 heavy (non-hydrogen) atoms. The van der Waals surface area contributed by atoms with Gasteiger partial charge in [-0.05, 0) is 50.2 Å². The van der Waals surface area contributed by atoms with E-state index < -0.39 is 0 Å². The van der Waals surface area contributed by atoms with Gasteiger partial charge in [0.05, 0.1) is 0 Å². The number of aromatic nitrogens is 3. The number of nitrogens with zero attached hydrogens (tertiary/aromatic N) is 5. The molecule has 0 unspecified atom stereocenters. The van der Waals surface area contributed by atoms with E-state index in [4.69, 9.17) is 0 Å². The van der Waals surface area contributed by atoms with Crippen LogP contribution in [0.15, 0.2) is 10.1 Å². The molecule has 1 spiro atoms. The Morgan fingerprint density at radius 3 is 2.68 bits per heavy atom. The number of hydrogen-bond acceptors (Lipinski definition) is 4. The van der Waals surface area contributed by atoms with E-state index in [1.54, 1.807) is 11.8 Å². The summed E-state index contributed by atoms with van der Waals surface area (Å²) in [4.78, 5) is 7.05. The minimum Gasteiger partial charge on any atom is -0.356 e. The molecule has 1 aromatic rings. The minimum absolute atomic E-state index is 0.587. The van der Waals surface area contributed by atoms with E-state index in [1.807, 2.05) is 7.05 Å². The van der Waals surface area contributed by atoms with E-state index in [9.17, 15) is 0 Å². The van der Waals surface area contributed by atoms with Crippen molar-refractivity contribution in [3.05, 3.63) is 5.82 Å². The molecule has 3 fully saturated rings. The summed E-state index contributed by atoms with van der Waals surface area (Å²) in [6.07, 6.45) is 16.4. The Labute approximate surface area is 174 Å². The number of aryl methyl sites for hydroxylation is 1. The highest BCUT2D eigenvalue weighted by Crippen LogP contribution is 2.45. The summed E-state index contributed by atoms with van der Waals surface area (Å²) in [6.45, 7) is 3.30. The summed E-state index contributed by atoms with van der Waals surface area (Å²) >= 11 is 1.72. The molecule has 0 amide bonds. The van der Waals surface area contributed by atoms with Crippen molar-refractivity contribution in [2.75, 3.05) is 32.9 Å². The van der Waals surface area contributed by atoms with Crippen LogP contribution in [0.1, 0.15) is 76.1 Å². The maximum absolute atomic E-state index is 4.56. The standard InChI is InChI=1S/C21H36N6S/c1-22-19(26-15-13-21(16-26)11-5-6-12-21)23-14-7-10-18-24-25-20(28-2)27(18)17-8-3-4-9-17/h17H,3-16H2,1-2H3,(H,22,23). The summed E-state index contributed by atoms with van der Waals surface area (Å²) in [5, 5.41) is 13.7. The Morgan fingerprint density at radius 1 is 1.18 bits per heavy atom. The minimum atomic E-state index is 0.587. The van der Waals surface area contributed by atoms with Gasteiger partial charge in [-0.3, -0.25) is 4.99 Å². The molecule has 6 nitrogen and oxygen atoms in total. The highest BCUT2D eigenvalue weighted by atomic mass is 32.2. The zero-order valence-electron chi connectivity index (χ0n) is 17.6. The van der Waals surface area contributed by atoms with Crippen molar-refractivity contribution >= 4 is 17.7 Å². The van der Waals surface area contributed by atoms with Gasteiger partial charge in [0, 0.05) is 39.1 Å². The lowest BCUT2D eigenvalue weighted by Crippen LogP contribution is -2.41. The number of guanidine groups is 1. The molecule has 0 bridgehead atoms. The lowest BCUT2D eigenvalue weighted by Gasteiger charge is -2.26. The zero-order valence-corrected chi connectivity index (χ0v) is 18.4. The molecule has 0 aromatic carbocycles. The molecule has 0 atom stereocenters. The van der Waals surface area contributed by atoms with Crippen molar-refractivity contribution in [3.8, 4) is 0 Å². The van der Waals surface area contributed by atoms with Gasteiger partial charge in [0.1, 0.15) is 5.82 Å². The molecular formula is C21H36N6S. The average molecular weight is 405 g/mol. The monoisotopic (exact) mass is 404 g/mol. The molecule has 7 heteroatoms. The third-order valence-corrected chi connectivity index (χ3v) is 7.73. The van der Waals surface area contributed by atoms with Gasteiger partial charge in [0.2, 0.25) is 0 Å². The van der Waals surface area contributed by atoms with Crippen molar-refractivity contribution in [2.45, 2.75) is 81.8 Å². The van der Waals surface area contributed by atoms with Gasteiger partial charge in [0.25, 0.3) is 0 Å². The van der Waals surface area contributed by atoms with Gasteiger partial charge >= 0.3 is 0 Å². The predicted molar refractivity (Wildman–Crippen MR) is 116 cm³/mol. The lowest BCUT2D eigenvalue weighted by atomic mass is 9.86. The van der Waals surface area contributed by atoms with E-state index in [2.05, 4.69) is 36.2 Å². The van der Waals surface area contributed by atoms with E-state index in [0.29, 0.717) is 11.5 Å². The van der Waals surface area contributed by atoms with Crippen LogP contribution in [0, 0.1) is 5.41 Å². The Kier molecular flexibility index (Phi) is 6.48. The quantitative estimate of drug-likeness (QED) is 0.337. The average Bonchev–Trinajstić information content (AvgIpc) is 3.50. The van der Waals surface area contributed by atoms with Crippen molar-refractivity contribution in [1.82, 2.24) is 25.0 Å². The fraction of sp³-hybridized carbons (Fsp3) is 0.857. The summed E-state index contributed by atoms with van der Waals surface area (Å²) in [7, 11) is 1.92. The summed E-state index contributed by atoms with van der Waals surface area (Å²) in [6, 6.07) is 0.611. The fourth-order valence-electron chi connectivity index (χ4n) is 5.57. The molecule has 1 saturated heterocycles. The van der Waals surface area contributed by atoms with Crippen LogP contribution in [0.5, 0.6) is 0 Å². The van der Waals surface area contributed by atoms with E-state index in [1.165, 1.54) is 70.2 Å². The number of rotatable bonds is 6. The number of hydrogen-bond donors (Lipinski definition) is 1. The zero-order chi connectivity index (χ0) is 19.4. The van der Waals surface area contributed by atoms with Crippen LogP contribution in [0.2, 0.25) is 0 Å². The van der Waals surface area contributed by atoms with Gasteiger partial charge in [-0.2, -0.15) is 0 Å². The first-order valence-electron chi connectivity index (χ1n) is 11.2. The Balaban J connectivity index is 1.28. The fourth-order valence-corrected chi connectivity index (χ4v) is 6.15. The second kappa shape index (κ2) is 9.06. The molecule has 2 heterocycles. The van der Waals surface area contributed by atoms with Gasteiger partial charge in [0.15, 0.2) is 11.1 Å². The maximum atomic E-state index is 4.56. The van der Waals surface area contributed by atoms with E-state index >= 15 is 0 Å². The number of likely N-dealkylation sites (tertiary alicyclic amines) is 1. The normalized spacial score (nSPS) is 22.6. The van der Waals surface area contributed by atoms with Crippen LogP contribution >= 0.6 is 11.8 Å². The molecular weight excluding hydrogens is 368 g/mol. The van der Waals surface area contributed by atoms with Crippen LogP contribution < -0.4 is 5.32 Å². The Hall–Kier alpha value is -1.24.